The van der Waals surface area contributed by atoms with Gasteiger partial charge in [0.25, 0.3) is 0 Å². The largest absolute Gasteiger partial charge is 0.343 e. The number of pyridine rings is 2. The molecule has 4 aromatic heterocycles. The highest BCUT2D eigenvalue weighted by molar-refractivity contribution is 6.38. The first kappa shape index (κ1) is 22.5. The van der Waals surface area contributed by atoms with Gasteiger partial charge in [-0.2, -0.15) is 5.10 Å². The molecule has 0 unspecified atom stereocenters. The molecule has 10 nitrogen and oxygen atoms in total. The number of amides is 1. The minimum atomic E-state index is 0.160. The van der Waals surface area contributed by atoms with E-state index in [9.17, 15) is 4.79 Å². The van der Waals surface area contributed by atoms with Gasteiger partial charge in [-0.15, -0.1) is 0 Å². The lowest BCUT2D eigenvalue weighted by Gasteiger charge is -2.31. The van der Waals surface area contributed by atoms with Crippen LogP contribution in [0.5, 0.6) is 0 Å². The van der Waals surface area contributed by atoms with Gasteiger partial charge in [0.05, 0.1) is 30.7 Å². The van der Waals surface area contributed by atoms with Crippen LogP contribution in [0.1, 0.15) is 16.8 Å². The fourth-order valence-electron chi connectivity index (χ4n) is 4.08. The first-order chi connectivity index (χ1) is 17.1. The SMILES string of the molecule is CN1CCN(Cc2ccc3nc(CN=CC(=NN)c4cncc(-n5cccc5)c4)cn3c2)CC1=O. The zero-order valence-corrected chi connectivity index (χ0v) is 19.5. The number of fused-ring (bicyclic) bond motifs is 1. The van der Waals surface area contributed by atoms with Gasteiger partial charge in [0.2, 0.25) is 5.91 Å². The number of hydrazone groups is 1. The second-order valence-electron chi connectivity index (χ2n) is 8.57. The van der Waals surface area contributed by atoms with Crippen molar-refractivity contribution in [1.82, 2.24) is 28.7 Å². The maximum Gasteiger partial charge on any atom is 0.236 e. The summed E-state index contributed by atoms with van der Waals surface area (Å²) in [6.45, 7) is 3.21. The predicted octanol–water partition coefficient (Wildman–Crippen LogP) is 1.73. The first-order valence-electron chi connectivity index (χ1n) is 11.4. The van der Waals surface area contributed by atoms with E-state index in [1.807, 2.05) is 58.9 Å². The Kier molecular flexibility index (Phi) is 6.36. The maximum absolute atomic E-state index is 12.0. The second kappa shape index (κ2) is 9.90. The second-order valence-corrected chi connectivity index (χ2v) is 8.57. The summed E-state index contributed by atoms with van der Waals surface area (Å²) in [6.07, 6.45) is 13.1. The highest BCUT2D eigenvalue weighted by Crippen LogP contribution is 2.13. The number of aromatic nitrogens is 4. The van der Waals surface area contributed by atoms with Gasteiger partial charge in [0.1, 0.15) is 11.4 Å². The van der Waals surface area contributed by atoms with Crippen LogP contribution in [-0.4, -0.2) is 73.3 Å². The van der Waals surface area contributed by atoms with E-state index in [0.29, 0.717) is 18.8 Å². The molecular formula is C25H27N9O. The molecule has 0 aliphatic carbocycles. The lowest BCUT2D eigenvalue weighted by molar-refractivity contribution is -0.134. The summed E-state index contributed by atoms with van der Waals surface area (Å²) in [5.41, 5.74) is 5.06. The lowest BCUT2D eigenvalue weighted by atomic mass is 10.2. The van der Waals surface area contributed by atoms with Crippen molar-refractivity contribution in [1.29, 1.82) is 0 Å². The average molecular weight is 470 g/mol. The van der Waals surface area contributed by atoms with Crippen LogP contribution in [0.25, 0.3) is 11.3 Å². The normalized spacial score (nSPS) is 15.5. The van der Waals surface area contributed by atoms with Crippen LogP contribution in [0, 0.1) is 0 Å². The minimum absolute atomic E-state index is 0.160. The topological polar surface area (TPSA) is 109 Å². The molecule has 1 aliphatic rings. The summed E-state index contributed by atoms with van der Waals surface area (Å²) in [7, 11) is 1.85. The Morgan fingerprint density at radius 3 is 2.83 bits per heavy atom. The number of carbonyl (C=O) groups excluding carboxylic acids is 1. The minimum Gasteiger partial charge on any atom is -0.343 e. The number of hydrogen-bond donors (Lipinski definition) is 1. The molecule has 0 saturated carbocycles. The summed E-state index contributed by atoms with van der Waals surface area (Å²) in [5.74, 6) is 5.80. The molecule has 10 heteroatoms. The van der Waals surface area contributed by atoms with E-state index >= 15 is 0 Å². The molecule has 178 valence electrons. The number of piperazine rings is 1. The van der Waals surface area contributed by atoms with Gasteiger partial charge < -0.3 is 19.7 Å². The Hall–Kier alpha value is -4.31. The average Bonchev–Trinajstić information content (AvgIpc) is 3.54. The lowest BCUT2D eigenvalue weighted by Crippen LogP contribution is -2.47. The number of aliphatic imine (C=N–C) groups is 1. The molecule has 1 fully saturated rings. The van der Waals surface area contributed by atoms with Crippen molar-refractivity contribution in [3.8, 4) is 5.69 Å². The third kappa shape index (κ3) is 5.12. The summed E-state index contributed by atoms with van der Waals surface area (Å²) in [6, 6.07) is 9.92. The number of rotatable bonds is 7. The molecule has 1 aliphatic heterocycles. The van der Waals surface area contributed by atoms with Crippen LogP contribution < -0.4 is 5.84 Å². The van der Waals surface area contributed by atoms with E-state index in [4.69, 9.17) is 5.84 Å². The zero-order chi connectivity index (χ0) is 24.2. The van der Waals surface area contributed by atoms with Crippen molar-refractivity contribution in [3.05, 3.63) is 84.3 Å². The van der Waals surface area contributed by atoms with Crippen molar-refractivity contribution < 1.29 is 4.79 Å². The number of carbonyl (C=O) groups is 1. The monoisotopic (exact) mass is 469 g/mol. The Bertz CT molecular complexity index is 1390. The molecular weight excluding hydrogens is 442 g/mol. The van der Waals surface area contributed by atoms with E-state index in [0.717, 1.165) is 47.8 Å². The molecule has 0 aromatic carbocycles. The van der Waals surface area contributed by atoms with Gasteiger partial charge >= 0.3 is 0 Å². The third-order valence-corrected chi connectivity index (χ3v) is 6.03. The molecule has 5 heterocycles. The molecule has 0 atom stereocenters. The highest BCUT2D eigenvalue weighted by Gasteiger charge is 2.20. The van der Waals surface area contributed by atoms with Crippen molar-refractivity contribution in [2.75, 3.05) is 26.7 Å². The van der Waals surface area contributed by atoms with Crippen molar-refractivity contribution in [2.45, 2.75) is 13.1 Å². The number of nitrogens with zero attached hydrogens (tertiary/aromatic N) is 8. The van der Waals surface area contributed by atoms with Gasteiger partial charge in [-0.05, 0) is 29.8 Å². The van der Waals surface area contributed by atoms with Gasteiger partial charge in [-0.25, -0.2) is 4.98 Å². The smallest absolute Gasteiger partial charge is 0.236 e. The van der Waals surface area contributed by atoms with Crippen molar-refractivity contribution in [2.24, 2.45) is 15.9 Å². The van der Waals surface area contributed by atoms with E-state index in [1.165, 1.54) is 0 Å². The highest BCUT2D eigenvalue weighted by atomic mass is 16.2. The Morgan fingerprint density at radius 1 is 1.17 bits per heavy atom. The first-order valence-corrected chi connectivity index (χ1v) is 11.4. The van der Waals surface area contributed by atoms with E-state index in [2.05, 4.69) is 37.2 Å². The van der Waals surface area contributed by atoms with E-state index in [-0.39, 0.29) is 5.91 Å². The van der Waals surface area contributed by atoms with Crippen LogP contribution >= 0.6 is 0 Å². The van der Waals surface area contributed by atoms with Gasteiger partial charge in [0, 0.05) is 69.4 Å². The molecule has 35 heavy (non-hydrogen) atoms. The molecule has 1 saturated heterocycles. The Labute approximate surface area is 203 Å². The number of imidazole rings is 1. The van der Waals surface area contributed by atoms with Crippen molar-refractivity contribution in [3.63, 3.8) is 0 Å². The molecule has 0 radical (unpaired) electrons. The Balaban J connectivity index is 1.25. The summed E-state index contributed by atoms with van der Waals surface area (Å²) in [5, 5.41) is 3.89. The fourth-order valence-corrected chi connectivity index (χ4v) is 4.08. The van der Waals surface area contributed by atoms with Crippen LogP contribution in [0.3, 0.4) is 0 Å². The van der Waals surface area contributed by atoms with Gasteiger partial charge in [-0.3, -0.25) is 19.7 Å². The molecule has 1 amide bonds. The maximum atomic E-state index is 12.0. The van der Waals surface area contributed by atoms with Crippen LogP contribution in [0.15, 0.2) is 77.6 Å². The van der Waals surface area contributed by atoms with Gasteiger partial charge in [0.15, 0.2) is 0 Å². The van der Waals surface area contributed by atoms with E-state index in [1.54, 1.807) is 23.5 Å². The number of likely N-dealkylation sites (N-methyl/N-ethyl adjacent to an activating group) is 1. The van der Waals surface area contributed by atoms with Crippen LogP contribution in [0.4, 0.5) is 0 Å². The molecule has 5 rings (SSSR count). The third-order valence-electron chi connectivity index (χ3n) is 6.03. The van der Waals surface area contributed by atoms with Crippen LogP contribution in [0.2, 0.25) is 0 Å². The van der Waals surface area contributed by atoms with Gasteiger partial charge in [-0.1, -0.05) is 6.07 Å². The summed E-state index contributed by atoms with van der Waals surface area (Å²) >= 11 is 0. The zero-order valence-electron chi connectivity index (χ0n) is 19.5. The quantitative estimate of drug-likeness (QED) is 0.252. The van der Waals surface area contributed by atoms with E-state index < -0.39 is 0 Å². The molecule has 4 aromatic rings. The molecule has 2 N–H and O–H groups in total. The predicted molar refractivity (Wildman–Crippen MR) is 135 cm³/mol. The number of nitrogens with two attached hydrogens (primary N) is 1. The number of hydrogen-bond acceptors (Lipinski definition) is 7. The Morgan fingerprint density at radius 2 is 2.03 bits per heavy atom. The standard InChI is InChI=1S/C25H27N9O/c1-31-8-9-32(18-25(31)35)15-19-4-5-24-29-21(17-34(24)16-19)12-28-14-23(30-26)20-10-22(13-27-11-20)33-6-2-3-7-33/h2-7,10-11,13-14,16-17H,8-9,12,15,18,26H2,1H3. The molecule has 0 bridgehead atoms. The summed E-state index contributed by atoms with van der Waals surface area (Å²) < 4.78 is 3.97. The fraction of sp³-hybridized carbons (Fsp3) is 0.240. The van der Waals surface area contributed by atoms with Crippen molar-refractivity contribution >= 4 is 23.5 Å². The summed E-state index contributed by atoms with van der Waals surface area (Å²) in [4.78, 5) is 29.4. The molecule has 0 spiro atoms. The van der Waals surface area contributed by atoms with Crippen LogP contribution in [-0.2, 0) is 17.9 Å².